The van der Waals surface area contributed by atoms with Gasteiger partial charge in [-0.25, -0.2) is 0 Å². The van der Waals surface area contributed by atoms with E-state index in [1.165, 1.54) is 0 Å². The summed E-state index contributed by atoms with van der Waals surface area (Å²) in [5, 5.41) is 0. The Morgan fingerprint density at radius 2 is 2.11 bits per heavy atom. The van der Waals surface area contributed by atoms with Crippen molar-refractivity contribution in [1.82, 2.24) is 9.80 Å². The lowest BCUT2D eigenvalue weighted by molar-refractivity contribution is -0.135. The minimum atomic E-state index is 0.256. The van der Waals surface area contributed by atoms with Gasteiger partial charge in [-0.05, 0) is 39.3 Å². The summed E-state index contributed by atoms with van der Waals surface area (Å²) >= 11 is 0. The number of hydrogen-bond acceptors (Lipinski definition) is 3. The van der Waals surface area contributed by atoms with Crippen molar-refractivity contribution in [3.63, 3.8) is 0 Å². The highest BCUT2D eigenvalue weighted by Crippen LogP contribution is 2.14. The van der Waals surface area contributed by atoms with E-state index in [9.17, 15) is 4.79 Å². The molecule has 0 aromatic rings. The van der Waals surface area contributed by atoms with E-state index in [2.05, 4.69) is 25.8 Å². The zero-order valence-electron chi connectivity index (χ0n) is 12.9. The fourth-order valence-electron chi connectivity index (χ4n) is 2.52. The number of nitrogens with zero attached hydrogens (tertiary/aromatic N) is 2. The summed E-state index contributed by atoms with van der Waals surface area (Å²) in [5.74, 6) is 0.285. The first-order chi connectivity index (χ1) is 9.17. The number of carbonyl (C=O) groups excluding carboxylic acids is 1. The maximum Gasteiger partial charge on any atom is 0.223 e. The predicted molar refractivity (Wildman–Crippen MR) is 78.3 cm³/mol. The van der Waals surface area contributed by atoms with Crippen LogP contribution in [-0.4, -0.2) is 61.6 Å². The number of amides is 1. The molecule has 0 bridgehead atoms. The average Bonchev–Trinajstić information content (AvgIpc) is 2.43. The third-order valence-corrected chi connectivity index (χ3v) is 3.60. The zero-order chi connectivity index (χ0) is 14.1. The van der Waals surface area contributed by atoms with Gasteiger partial charge >= 0.3 is 0 Å². The van der Waals surface area contributed by atoms with Crippen LogP contribution in [0.5, 0.6) is 0 Å². The van der Waals surface area contributed by atoms with Gasteiger partial charge in [0.15, 0.2) is 0 Å². The molecule has 0 aliphatic carbocycles. The van der Waals surface area contributed by atoms with Gasteiger partial charge in [0.2, 0.25) is 5.91 Å². The first-order valence-corrected chi connectivity index (χ1v) is 7.75. The van der Waals surface area contributed by atoms with Crippen molar-refractivity contribution in [3.05, 3.63) is 0 Å². The molecular formula is C15H30N2O2. The van der Waals surface area contributed by atoms with Crippen LogP contribution < -0.4 is 0 Å². The van der Waals surface area contributed by atoms with Crippen LogP contribution in [-0.2, 0) is 9.53 Å². The minimum Gasteiger partial charge on any atom is -0.376 e. The summed E-state index contributed by atoms with van der Waals surface area (Å²) in [4.78, 5) is 16.4. The van der Waals surface area contributed by atoms with E-state index in [-0.39, 0.29) is 12.0 Å². The van der Waals surface area contributed by atoms with Crippen LogP contribution in [0.2, 0.25) is 0 Å². The Morgan fingerprint density at radius 1 is 1.32 bits per heavy atom. The molecule has 1 atom stereocenters. The number of hydrogen-bond donors (Lipinski definition) is 0. The molecule has 112 valence electrons. The number of rotatable bonds is 8. The maximum atomic E-state index is 12.2. The van der Waals surface area contributed by atoms with Crippen molar-refractivity contribution in [2.45, 2.75) is 52.1 Å². The molecule has 4 heteroatoms. The smallest absolute Gasteiger partial charge is 0.223 e. The standard InChI is InChI=1S/C15H30N2O2/c1-4-9-16(3)11-8-15(18)17-10-6-7-14(13-17)19-12-5-2/h14H,4-13H2,1-3H3. The van der Waals surface area contributed by atoms with Crippen molar-refractivity contribution in [2.24, 2.45) is 0 Å². The van der Waals surface area contributed by atoms with Gasteiger partial charge in [0, 0.05) is 32.7 Å². The summed E-state index contributed by atoms with van der Waals surface area (Å²) in [6, 6.07) is 0. The summed E-state index contributed by atoms with van der Waals surface area (Å²) in [7, 11) is 2.08. The van der Waals surface area contributed by atoms with Crippen molar-refractivity contribution in [1.29, 1.82) is 0 Å². The third kappa shape index (κ3) is 6.39. The second-order valence-corrected chi connectivity index (χ2v) is 5.53. The van der Waals surface area contributed by atoms with Gasteiger partial charge in [-0.1, -0.05) is 13.8 Å². The highest BCUT2D eigenvalue weighted by Gasteiger charge is 2.23. The molecular weight excluding hydrogens is 240 g/mol. The zero-order valence-corrected chi connectivity index (χ0v) is 12.9. The second-order valence-electron chi connectivity index (χ2n) is 5.53. The second kappa shape index (κ2) is 9.32. The molecule has 19 heavy (non-hydrogen) atoms. The van der Waals surface area contributed by atoms with Gasteiger partial charge in [0.05, 0.1) is 6.10 Å². The Labute approximate surface area is 118 Å². The van der Waals surface area contributed by atoms with Crippen molar-refractivity contribution in [2.75, 3.05) is 39.8 Å². The van der Waals surface area contributed by atoms with E-state index in [1.54, 1.807) is 0 Å². The number of piperidine rings is 1. The molecule has 4 nitrogen and oxygen atoms in total. The first kappa shape index (κ1) is 16.4. The summed E-state index contributed by atoms with van der Waals surface area (Å²) in [6.45, 7) is 8.72. The normalized spacial score (nSPS) is 20.0. The molecule has 1 rings (SSSR count). The van der Waals surface area contributed by atoms with Gasteiger partial charge in [-0.15, -0.1) is 0 Å². The van der Waals surface area contributed by atoms with Crippen molar-refractivity contribution >= 4 is 5.91 Å². The fourth-order valence-corrected chi connectivity index (χ4v) is 2.52. The molecule has 1 amide bonds. The highest BCUT2D eigenvalue weighted by molar-refractivity contribution is 5.76. The van der Waals surface area contributed by atoms with Gasteiger partial charge in [-0.3, -0.25) is 4.79 Å². The van der Waals surface area contributed by atoms with Crippen molar-refractivity contribution in [3.8, 4) is 0 Å². The van der Waals surface area contributed by atoms with Crippen molar-refractivity contribution < 1.29 is 9.53 Å². The fraction of sp³-hybridized carbons (Fsp3) is 0.933. The molecule has 1 aliphatic heterocycles. The predicted octanol–water partition coefficient (Wildman–Crippen LogP) is 2.14. The first-order valence-electron chi connectivity index (χ1n) is 7.75. The summed E-state index contributed by atoms with van der Waals surface area (Å²) in [5.41, 5.74) is 0. The van der Waals surface area contributed by atoms with E-state index >= 15 is 0 Å². The van der Waals surface area contributed by atoms with E-state index in [1.807, 2.05) is 4.90 Å². The van der Waals surface area contributed by atoms with Gasteiger partial charge in [-0.2, -0.15) is 0 Å². The molecule has 0 spiro atoms. The average molecular weight is 270 g/mol. The lowest BCUT2D eigenvalue weighted by Crippen LogP contribution is -2.44. The van der Waals surface area contributed by atoms with E-state index in [0.29, 0.717) is 6.42 Å². The van der Waals surface area contributed by atoms with Crippen LogP contribution in [0, 0.1) is 0 Å². The Balaban J connectivity index is 2.27. The molecule has 0 saturated carbocycles. The minimum absolute atomic E-state index is 0.256. The van der Waals surface area contributed by atoms with E-state index in [0.717, 1.165) is 58.5 Å². The van der Waals surface area contributed by atoms with Crippen LogP contribution in [0.15, 0.2) is 0 Å². The molecule has 1 heterocycles. The van der Waals surface area contributed by atoms with E-state index < -0.39 is 0 Å². The topological polar surface area (TPSA) is 32.8 Å². The molecule has 0 aromatic heterocycles. The van der Waals surface area contributed by atoms with Crippen LogP contribution in [0.1, 0.15) is 46.0 Å². The van der Waals surface area contributed by atoms with Gasteiger partial charge in [0.25, 0.3) is 0 Å². The summed E-state index contributed by atoms with van der Waals surface area (Å²) in [6.07, 6.45) is 5.25. The number of ether oxygens (including phenoxy) is 1. The third-order valence-electron chi connectivity index (χ3n) is 3.60. The van der Waals surface area contributed by atoms with Crippen LogP contribution in [0.4, 0.5) is 0 Å². The Bertz CT molecular complexity index is 259. The Hall–Kier alpha value is -0.610. The Kier molecular flexibility index (Phi) is 8.07. The largest absolute Gasteiger partial charge is 0.376 e. The van der Waals surface area contributed by atoms with E-state index in [4.69, 9.17) is 4.74 Å². The van der Waals surface area contributed by atoms with Crippen LogP contribution in [0.3, 0.4) is 0 Å². The molecule has 1 fully saturated rings. The molecule has 0 aromatic carbocycles. The number of likely N-dealkylation sites (tertiary alicyclic amines) is 1. The molecule has 0 N–H and O–H groups in total. The molecule has 1 unspecified atom stereocenters. The van der Waals surface area contributed by atoms with Crippen LogP contribution in [0.25, 0.3) is 0 Å². The number of carbonyl (C=O) groups is 1. The quantitative estimate of drug-likeness (QED) is 0.677. The SMILES string of the molecule is CCCOC1CCCN(C(=O)CCN(C)CCC)C1. The maximum absolute atomic E-state index is 12.2. The van der Waals surface area contributed by atoms with Gasteiger partial charge in [0.1, 0.15) is 0 Å². The highest BCUT2D eigenvalue weighted by atomic mass is 16.5. The molecule has 0 radical (unpaired) electrons. The lowest BCUT2D eigenvalue weighted by Gasteiger charge is -2.33. The lowest BCUT2D eigenvalue weighted by atomic mass is 10.1. The van der Waals surface area contributed by atoms with Gasteiger partial charge < -0.3 is 14.5 Å². The molecule has 1 aliphatic rings. The monoisotopic (exact) mass is 270 g/mol. The Morgan fingerprint density at radius 3 is 2.79 bits per heavy atom. The van der Waals surface area contributed by atoms with Crippen LogP contribution >= 0.6 is 0 Å². The molecule has 1 saturated heterocycles. The summed E-state index contributed by atoms with van der Waals surface area (Å²) < 4.78 is 5.77.